The van der Waals surface area contributed by atoms with Crippen LogP contribution in [0.4, 0.5) is 5.69 Å². The molecule has 0 aliphatic heterocycles. The lowest BCUT2D eigenvalue weighted by atomic mass is 10.1. The Hall–Kier alpha value is -3.66. The van der Waals surface area contributed by atoms with Crippen molar-refractivity contribution >= 4 is 11.6 Å². The maximum absolute atomic E-state index is 12.8. The van der Waals surface area contributed by atoms with Gasteiger partial charge in [0.15, 0.2) is 5.69 Å². The van der Waals surface area contributed by atoms with Crippen molar-refractivity contribution in [3.8, 4) is 16.9 Å². The molecule has 4 heteroatoms. The smallest absolute Gasteiger partial charge is 0.276 e. The minimum absolute atomic E-state index is 0.231. The first-order valence-corrected chi connectivity index (χ1v) is 9.21. The van der Waals surface area contributed by atoms with Crippen LogP contribution in [0.3, 0.4) is 0 Å². The minimum Gasteiger partial charge on any atom is -0.321 e. The highest BCUT2D eigenvalue weighted by Gasteiger charge is 2.17. The Morgan fingerprint density at radius 2 is 1.43 bits per heavy atom. The number of anilines is 1. The predicted octanol–water partition coefficient (Wildman–Crippen LogP) is 5.41. The van der Waals surface area contributed by atoms with Gasteiger partial charge in [-0.15, -0.1) is 0 Å². The van der Waals surface area contributed by atoms with Crippen molar-refractivity contribution in [2.24, 2.45) is 0 Å². The van der Waals surface area contributed by atoms with Crippen LogP contribution in [0.1, 0.15) is 21.6 Å². The van der Waals surface area contributed by atoms with Crippen LogP contribution in [0.15, 0.2) is 84.9 Å². The number of nitrogens with one attached hydrogen (secondary N) is 1. The Labute approximate surface area is 164 Å². The van der Waals surface area contributed by atoms with Crippen LogP contribution in [0.2, 0.25) is 0 Å². The molecule has 0 bridgehead atoms. The number of carbonyl (C=O) groups is 1. The molecule has 0 atom stereocenters. The molecule has 1 heterocycles. The number of hydrogen-bond acceptors (Lipinski definition) is 2. The maximum Gasteiger partial charge on any atom is 0.276 e. The number of amides is 1. The van der Waals surface area contributed by atoms with Crippen LogP contribution in [0.5, 0.6) is 0 Å². The molecule has 0 spiro atoms. The number of hydrogen-bond donors (Lipinski definition) is 1. The predicted molar refractivity (Wildman–Crippen MR) is 113 cm³/mol. The summed E-state index contributed by atoms with van der Waals surface area (Å²) < 4.78 is 1.82. The number of nitrogens with zero attached hydrogens (tertiary/aromatic N) is 2. The molecule has 4 aromatic rings. The van der Waals surface area contributed by atoms with Crippen LogP contribution in [0.25, 0.3) is 16.9 Å². The van der Waals surface area contributed by atoms with E-state index in [9.17, 15) is 4.79 Å². The molecule has 0 aliphatic rings. The number of para-hydroxylation sites is 1. The molecule has 0 saturated carbocycles. The Morgan fingerprint density at radius 3 is 2.07 bits per heavy atom. The molecular weight excluding hydrogens is 346 g/mol. The third kappa shape index (κ3) is 3.71. The van der Waals surface area contributed by atoms with Gasteiger partial charge in [0.25, 0.3) is 5.91 Å². The molecule has 0 unspecified atom stereocenters. The van der Waals surface area contributed by atoms with E-state index in [1.807, 2.05) is 72.3 Å². The third-order valence-corrected chi connectivity index (χ3v) is 4.60. The van der Waals surface area contributed by atoms with E-state index in [2.05, 4.69) is 41.6 Å². The third-order valence-electron chi connectivity index (χ3n) is 4.60. The fraction of sp³-hybridized carbons (Fsp3) is 0.0833. The molecule has 0 saturated heterocycles. The summed E-state index contributed by atoms with van der Waals surface area (Å²) in [6, 6.07) is 27.6. The van der Waals surface area contributed by atoms with Gasteiger partial charge in [-0.2, -0.15) is 5.10 Å². The Kier molecular flexibility index (Phi) is 4.77. The summed E-state index contributed by atoms with van der Waals surface area (Å²) in [5.41, 5.74) is 6.29. The Morgan fingerprint density at radius 1 is 0.821 bits per heavy atom. The van der Waals surface area contributed by atoms with E-state index >= 15 is 0 Å². The highest BCUT2D eigenvalue weighted by molar-refractivity contribution is 6.03. The average molecular weight is 367 g/mol. The van der Waals surface area contributed by atoms with Crippen LogP contribution in [-0.2, 0) is 0 Å². The van der Waals surface area contributed by atoms with Crippen molar-refractivity contribution in [3.63, 3.8) is 0 Å². The van der Waals surface area contributed by atoms with Crippen molar-refractivity contribution in [1.82, 2.24) is 9.78 Å². The number of benzene rings is 3. The van der Waals surface area contributed by atoms with Gasteiger partial charge in [-0.1, -0.05) is 65.7 Å². The average Bonchev–Trinajstić information content (AvgIpc) is 3.15. The maximum atomic E-state index is 12.8. The lowest BCUT2D eigenvalue weighted by Gasteiger charge is -2.08. The van der Waals surface area contributed by atoms with E-state index in [-0.39, 0.29) is 5.91 Å². The summed E-state index contributed by atoms with van der Waals surface area (Å²) in [6.45, 7) is 4.10. The minimum atomic E-state index is -0.231. The first-order valence-electron chi connectivity index (χ1n) is 9.21. The van der Waals surface area contributed by atoms with E-state index < -0.39 is 0 Å². The monoisotopic (exact) mass is 367 g/mol. The molecule has 1 aromatic heterocycles. The second kappa shape index (κ2) is 7.53. The second-order valence-corrected chi connectivity index (χ2v) is 6.85. The summed E-state index contributed by atoms with van der Waals surface area (Å²) in [4.78, 5) is 12.8. The highest BCUT2D eigenvalue weighted by atomic mass is 16.1. The molecule has 138 valence electrons. The normalized spacial score (nSPS) is 10.6. The highest BCUT2D eigenvalue weighted by Crippen LogP contribution is 2.25. The molecule has 0 fully saturated rings. The zero-order chi connectivity index (χ0) is 19.5. The van der Waals surface area contributed by atoms with Gasteiger partial charge in [0.1, 0.15) is 0 Å². The van der Waals surface area contributed by atoms with E-state index in [1.54, 1.807) is 0 Å². The molecule has 0 radical (unpaired) electrons. The van der Waals surface area contributed by atoms with E-state index in [0.29, 0.717) is 5.69 Å². The summed E-state index contributed by atoms with van der Waals surface area (Å²) in [6.07, 6.45) is 0. The quantitative estimate of drug-likeness (QED) is 0.524. The van der Waals surface area contributed by atoms with E-state index in [0.717, 1.165) is 22.6 Å². The fourth-order valence-corrected chi connectivity index (χ4v) is 3.02. The summed E-state index contributed by atoms with van der Waals surface area (Å²) >= 11 is 0. The van der Waals surface area contributed by atoms with Gasteiger partial charge in [-0.3, -0.25) is 4.79 Å². The first-order chi connectivity index (χ1) is 13.6. The number of aryl methyl sites for hydroxylation is 2. The van der Waals surface area contributed by atoms with Crippen molar-refractivity contribution in [1.29, 1.82) is 0 Å². The number of aromatic nitrogens is 2. The Bertz CT molecular complexity index is 1030. The van der Waals surface area contributed by atoms with Crippen LogP contribution < -0.4 is 5.32 Å². The standard InChI is InChI=1S/C24H21N3O/c1-17-8-12-19(13-9-17)23-16-22(24(28)25-20-6-4-3-5-7-20)26-27(23)21-14-10-18(2)11-15-21/h3-16H,1-2H3,(H,25,28). The molecule has 1 N–H and O–H groups in total. The van der Waals surface area contributed by atoms with Crippen molar-refractivity contribution in [2.45, 2.75) is 13.8 Å². The van der Waals surface area contributed by atoms with Gasteiger partial charge in [0.05, 0.1) is 11.4 Å². The fourth-order valence-electron chi connectivity index (χ4n) is 3.02. The molecule has 4 nitrogen and oxygen atoms in total. The van der Waals surface area contributed by atoms with E-state index in [1.165, 1.54) is 11.1 Å². The zero-order valence-electron chi connectivity index (χ0n) is 15.9. The first kappa shape index (κ1) is 17.7. The second-order valence-electron chi connectivity index (χ2n) is 6.85. The van der Waals surface area contributed by atoms with Gasteiger partial charge in [0, 0.05) is 11.3 Å². The summed E-state index contributed by atoms with van der Waals surface area (Å²) in [5.74, 6) is -0.231. The molecular formula is C24H21N3O. The zero-order valence-corrected chi connectivity index (χ0v) is 15.9. The van der Waals surface area contributed by atoms with Gasteiger partial charge in [0.2, 0.25) is 0 Å². The van der Waals surface area contributed by atoms with E-state index in [4.69, 9.17) is 0 Å². The van der Waals surface area contributed by atoms with Gasteiger partial charge in [-0.05, 0) is 44.2 Å². The van der Waals surface area contributed by atoms with Crippen LogP contribution >= 0.6 is 0 Å². The van der Waals surface area contributed by atoms with Crippen LogP contribution in [0, 0.1) is 13.8 Å². The SMILES string of the molecule is Cc1ccc(-c2cc(C(=O)Nc3ccccc3)nn2-c2ccc(C)cc2)cc1. The van der Waals surface area contributed by atoms with Crippen molar-refractivity contribution in [3.05, 3.63) is 102 Å². The van der Waals surface area contributed by atoms with Gasteiger partial charge in [-0.25, -0.2) is 4.68 Å². The number of carbonyl (C=O) groups excluding carboxylic acids is 1. The van der Waals surface area contributed by atoms with Gasteiger partial charge < -0.3 is 5.32 Å². The molecule has 1 amide bonds. The topological polar surface area (TPSA) is 46.9 Å². The van der Waals surface area contributed by atoms with Crippen LogP contribution in [-0.4, -0.2) is 15.7 Å². The van der Waals surface area contributed by atoms with Gasteiger partial charge >= 0.3 is 0 Å². The van der Waals surface area contributed by atoms with Crippen molar-refractivity contribution in [2.75, 3.05) is 5.32 Å². The molecule has 28 heavy (non-hydrogen) atoms. The Balaban J connectivity index is 1.76. The largest absolute Gasteiger partial charge is 0.321 e. The molecule has 3 aromatic carbocycles. The summed E-state index contributed by atoms with van der Waals surface area (Å²) in [5, 5.41) is 7.51. The lowest BCUT2D eigenvalue weighted by Crippen LogP contribution is -2.13. The summed E-state index contributed by atoms with van der Waals surface area (Å²) in [7, 11) is 0. The number of rotatable bonds is 4. The molecule has 0 aliphatic carbocycles. The molecule has 4 rings (SSSR count). The van der Waals surface area contributed by atoms with Crippen molar-refractivity contribution < 1.29 is 4.79 Å². The lowest BCUT2D eigenvalue weighted by molar-refractivity contribution is 0.102.